The quantitative estimate of drug-likeness (QED) is 0.662. The molecule has 1 aliphatic heterocycles. The predicted molar refractivity (Wildman–Crippen MR) is 96.7 cm³/mol. The Hall–Kier alpha value is -2.78. The summed E-state index contributed by atoms with van der Waals surface area (Å²) in [5.74, 6) is -0.528. The van der Waals surface area contributed by atoms with Crippen LogP contribution in [0, 0.1) is 0 Å². The van der Waals surface area contributed by atoms with Crippen LogP contribution in [0.4, 0.5) is 5.69 Å². The molecule has 0 saturated heterocycles. The van der Waals surface area contributed by atoms with E-state index in [-0.39, 0.29) is 16.8 Å². The number of methoxy groups -OCH3 is 1. The maximum atomic E-state index is 11.6. The third-order valence-corrected chi connectivity index (χ3v) is 5.14. The minimum atomic E-state index is -1.17. The molecule has 1 aliphatic rings. The van der Waals surface area contributed by atoms with Crippen LogP contribution < -0.4 is 10.1 Å². The Morgan fingerprint density at radius 1 is 1.42 bits per heavy atom. The van der Waals surface area contributed by atoms with Crippen molar-refractivity contribution in [3.05, 3.63) is 35.2 Å². The molecule has 4 rings (SSSR count). The number of halogens is 1. The topological polar surface area (TPSA) is 106 Å². The van der Waals surface area contributed by atoms with E-state index in [0.717, 1.165) is 4.90 Å². The van der Waals surface area contributed by atoms with Crippen LogP contribution in [0.25, 0.3) is 16.6 Å². The van der Waals surface area contributed by atoms with Gasteiger partial charge in [0.1, 0.15) is 16.6 Å². The van der Waals surface area contributed by atoms with Crippen LogP contribution in [0.5, 0.6) is 5.75 Å². The number of fused-ring (bicyclic) bond motifs is 2. The first-order valence-electron chi connectivity index (χ1n) is 7.40. The number of hydrogen-bond donors (Lipinski definition) is 2. The Bertz CT molecular complexity index is 1080. The molecule has 1 amide bonds. The lowest BCUT2D eigenvalue weighted by Crippen LogP contribution is -2.19. The molecule has 0 aliphatic carbocycles. The first-order chi connectivity index (χ1) is 12.5. The zero-order chi connectivity index (χ0) is 18.4. The largest absolute Gasteiger partial charge is 0.494 e. The number of anilines is 1. The lowest BCUT2D eigenvalue weighted by Gasteiger charge is -2.19. The van der Waals surface area contributed by atoms with E-state index in [1.807, 2.05) is 0 Å². The van der Waals surface area contributed by atoms with Crippen LogP contribution in [-0.2, 0) is 4.79 Å². The summed E-state index contributed by atoms with van der Waals surface area (Å²) in [7, 11) is 1.49. The second-order valence-corrected chi connectivity index (χ2v) is 6.85. The molecule has 3 heterocycles. The molecule has 0 atom stereocenters. The van der Waals surface area contributed by atoms with Gasteiger partial charge in [0.15, 0.2) is 5.69 Å². The van der Waals surface area contributed by atoms with Crippen LogP contribution in [-0.4, -0.2) is 44.6 Å². The van der Waals surface area contributed by atoms with Crippen LogP contribution >= 0.6 is 23.4 Å². The Kier molecular flexibility index (Phi) is 3.97. The van der Waals surface area contributed by atoms with E-state index in [2.05, 4.69) is 15.4 Å². The number of benzene rings is 1. The molecule has 8 nitrogen and oxygen atoms in total. The van der Waals surface area contributed by atoms with Gasteiger partial charge in [0.05, 0.1) is 29.5 Å². The number of aromatic carboxylic acids is 1. The van der Waals surface area contributed by atoms with Gasteiger partial charge in [0.2, 0.25) is 5.91 Å². The molecule has 1 aromatic carbocycles. The van der Waals surface area contributed by atoms with Crippen LogP contribution in [0.1, 0.15) is 10.5 Å². The van der Waals surface area contributed by atoms with Crippen molar-refractivity contribution in [2.75, 3.05) is 18.2 Å². The van der Waals surface area contributed by atoms with Crippen molar-refractivity contribution >= 4 is 51.8 Å². The Labute approximate surface area is 156 Å². The molecule has 2 aromatic heterocycles. The highest BCUT2D eigenvalue weighted by atomic mass is 35.5. The lowest BCUT2D eigenvalue weighted by molar-refractivity contribution is -0.113. The number of nitrogens with one attached hydrogen (secondary N) is 1. The summed E-state index contributed by atoms with van der Waals surface area (Å²) in [6.07, 6.45) is 1.38. The van der Waals surface area contributed by atoms with Gasteiger partial charge in [-0.15, -0.1) is 11.8 Å². The first-order valence-corrected chi connectivity index (χ1v) is 8.77. The van der Waals surface area contributed by atoms with Gasteiger partial charge in [0, 0.05) is 23.2 Å². The third kappa shape index (κ3) is 2.65. The second kappa shape index (κ2) is 6.19. The molecule has 0 fully saturated rings. The molecule has 3 aromatic rings. The number of thioether (sulfide) groups is 1. The van der Waals surface area contributed by atoms with E-state index < -0.39 is 5.97 Å². The second-order valence-electron chi connectivity index (χ2n) is 5.45. The van der Waals surface area contributed by atoms with Crippen molar-refractivity contribution in [1.82, 2.24) is 14.8 Å². The predicted octanol–water partition coefficient (Wildman–Crippen LogP) is 2.82. The van der Waals surface area contributed by atoms with E-state index in [4.69, 9.17) is 16.3 Å². The smallest absolute Gasteiger partial charge is 0.357 e. The van der Waals surface area contributed by atoms with Gasteiger partial charge in [-0.05, 0) is 6.07 Å². The number of carbonyl (C=O) groups is 2. The van der Waals surface area contributed by atoms with E-state index in [0.29, 0.717) is 33.8 Å². The van der Waals surface area contributed by atoms with Gasteiger partial charge < -0.3 is 15.2 Å². The van der Waals surface area contributed by atoms with Crippen molar-refractivity contribution in [2.24, 2.45) is 0 Å². The van der Waals surface area contributed by atoms with E-state index in [9.17, 15) is 14.7 Å². The molecule has 10 heteroatoms. The summed E-state index contributed by atoms with van der Waals surface area (Å²) in [6, 6.07) is 5.03. The fourth-order valence-corrected chi connectivity index (χ4v) is 3.72. The molecule has 132 valence electrons. The fourth-order valence-electron chi connectivity index (χ4n) is 2.75. The number of ether oxygens (including phenoxy) is 1. The van der Waals surface area contributed by atoms with E-state index >= 15 is 0 Å². The van der Waals surface area contributed by atoms with Crippen LogP contribution in [0.3, 0.4) is 0 Å². The molecule has 2 N–H and O–H groups in total. The number of hydrogen-bond acceptors (Lipinski definition) is 6. The first kappa shape index (κ1) is 16.7. The standard InChI is InChI=1S/C16H11ClN4O4S/c1-25-11-2-8-12(26-6-14(22)19-8)3-10(11)21-9-4-13(17)18-5-7(9)15(20-21)16(23)24/h2-5H,6H2,1H3,(H,19,22)(H,23,24). The van der Waals surface area contributed by atoms with Crippen LogP contribution in [0.15, 0.2) is 29.3 Å². The van der Waals surface area contributed by atoms with Crippen molar-refractivity contribution in [1.29, 1.82) is 0 Å². The zero-order valence-corrected chi connectivity index (χ0v) is 14.9. The Morgan fingerprint density at radius 2 is 2.23 bits per heavy atom. The number of carboxylic acid groups (broad SMARTS) is 1. The SMILES string of the molecule is COc1cc2c(cc1-n1nc(C(=O)O)c3cnc(Cl)cc31)SCC(=O)N2. The minimum Gasteiger partial charge on any atom is -0.494 e. The fraction of sp³-hybridized carbons (Fsp3) is 0.125. The third-order valence-electron chi connectivity index (χ3n) is 3.88. The summed E-state index contributed by atoms with van der Waals surface area (Å²) in [5.41, 5.74) is 1.53. The number of carboxylic acids is 1. The van der Waals surface area contributed by atoms with Gasteiger partial charge in [0.25, 0.3) is 0 Å². The lowest BCUT2D eigenvalue weighted by atomic mass is 10.2. The highest BCUT2D eigenvalue weighted by molar-refractivity contribution is 8.00. The molecule has 0 radical (unpaired) electrons. The Balaban J connectivity index is 1.99. The molecular weight excluding hydrogens is 380 g/mol. The monoisotopic (exact) mass is 390 g/mol. The van der Waals surface area contributed by atoms with E-state index in [1.165, 1.54) is 29.8 Å². The van der Waals surface area contributed by atoms with Gasteiger partial charge >= 0.3 is 5.97 Å². The highest BCUT2D eigenvalue weighted by Gasteiger charge is 2.23. The molecule has 0 saturated carbocycles. The van der Waals surface area contributed by atoms with Crippen LogP contribution in [0.2, 0.25) is 5.15 Å². The number of aromatic nitrogens is 3. The zero-order valence-electron chi connectivity index (χ0n) is 13.3. The number of pyridine rings is 1. The van der Waals surface area contributed by atoms with Gasteiger partial charge in [-0.3, -0.25) is 4.79 Å². The van der Waals surface area contributed by atoms with Crippen molar-refractivity contribution in [3.8, 4) is 11.4 Å². The molecular formula is C16H11ClN4O4S. The van der Waals surface area contributed by atoms with Gasteiger partial charge in [-0.25, -0.2) is 14.5 Å². The van der Waals surface area contributed by atoms with Gasteiger partial charge in [-0.2, -0.15) is 5.10 Å². The number of carbonyl (C=O) groups excluding carboxylic acids is 1. The Morgan fingerprint density at radius 3 is 2.96 bits per heavy atom. The molecule has 0 spiro atoms. The average Bonchev–Trinajstić information content (AvgIpc) is 2.99. The normalized spacial score (nSPS) is 13.4. The summed E-state index contributed by atoms with van der Waals surface area (Å²) >= 11 is 7.37. The van der Waals surface area contributed by atoms with Crippen molar-refractivity contribution in [3.63, 3.8) is 0 Å². The minimum absolute atomic E-state index is 0.0899. The molecule has 26 heavy (non-hydrogen) atoms. The molecule has 0 bridgehead atoms. The summed E-state index contributed by atoms with van der Waals surface area (Å²) in [6.45, 7) is 0. The number of amides is 1. The van der Waals surface area contributed by atoms with Gasteiger partial charge in [-0.1, -0.05) is 11.6 Å². The molecule has 0 unspecified atom stereocenters. The van der Waals surface area contributed by atoms with E-state index in [1.54, 1.807) is 18.2 Å². The summed E-state index contributed by atoms with van der Waals surface area (Å²) in [5, 5.41) is 17.0. The van der Waals surface area contributed by atoms with Crippen molar-refractivity contribution < 1.29 is 19.4 Å². The maximum Gasteiger partial charge on any atom is 0.357 e. The number of nitrogens with zero attached hydrogens (tertiary/aromatic N) is 3. The van der Waals surface area contributed by atoms with Crippen molar-refractivity contribution in [2.45, 2.75) is 4.90 Å². The maximum absolute atomic E-state index is 11.6. The summed E-state index contributed by atoms with van der Waals surface area (Å²) in [4.78, 5) is 27.9. The highest BCUT2D eigenvalue weighted by Crippen LogP contribution is 2.39. The average molecular weight is 391 g/mol. The number of rotatable bonds is 3. The summed E-state index contributed by atoms with van der Waals surface area (Å²) < 4.78 is 6.89.